The summed E-state index contributed by atoms with van der Waals surface area (Å²) in [7, 11) is 0. The van der Waals surface area contributed by atoms with Gasteiger partial charge in [0.1, 0.15) is 17.3 Å². The van der Waals surface area contributed by atoms with Crippen LogP contribution in [-0.4, -0.2) is 22.4 Å². The number of aryl methyl sites for hydroxylation is 1. The molecule has 0 unspecified atom stereocenters. The molecule has 24 heavy (non-hydrogen) atoms. The number of nitriles is 1. The second-order valence-corrected chi connectivity index (χ2v) is 5.13. The van der Waals surface area contributed by atoms with Gasteiger partial charge < -0.3 is 9.15 Å². The molecule has 0 amide bonds. The molecule has 0 aliphatic carbocycles. The lowest BCUT2D eigenvalue weighted by molar-refractivity contribution is 0.0518. The second-order valence-electron chi connectivity index (χ2n) is 5.13. The maximum absolute atomic E-state index is 12.2. The Balaban J connectivity index is 2.28. The SMILES string of the molecule is CCOC(=O)c1nn(-c2cccc(C)c2)c(-c2ccco2)c1C#N. The molecule has 0 spiro atoms. The van der Waals surface area contributed by atoms with Crippen LogP contribution in [0.1, 0.15) is 28.5 Å². The van der Waals surface area contributed by atoms with Gasteiger partial charge in [0.05, 0.1) is 18.6 Å². The minimum absolute atomic E-state index is 0.0211. The Hall–Kier alpha value is -3.33. The molecule has 0 saturated heterocycles. The average Bonchev–Trinajstić information content (AvgIpc) is 3.22. The first kappa shape index (κ1) is 15.6. The van der Waals surface area contributed by atoms with Crippen LogP contribution in [0, 0.1) is 18.3 Å². The van der Waals surface area contributed by atoms with Crippen molar-refractivity contribution in [3.63, 3.8) is 0 Å². The highest BCUT2D eigenvalue weighted by molar-refractivity contribution is 5.92. The quantitative estimate of drug-likeness (QED) is 0.687. The van der Waals surface area contributed by atoms with E-state index in [2.05, 4.69) is 11.2 Å². The number of carbonyl (C=O) groups excluding carboxylic acids is 1. The molecule has 0 fully saturated rings. The summed E-state index contributed by atoms with van der Waals surface area (Å²) >= 11 is 0. The molecule has 0 radical (unpaired) electrons. The molecule has 6 heteroatoms. The zero-order valence-corrected chi connectivity index (χ0v) is 13.3. The first-order chi connectivity index (χ1) is 11.7. The number of aromatic nitrogens is 2. The fourth-order valence-electron chi connectivity index (χ4n) is 2.45. The van der Waals surface area contributed by atoms with Crippen molar-refractivity contribution in [2.24, 2.45) is 0 Å². The molecule has 2 heterocycles. The summed E-state index contributed by atoms with van der Waals surface area (Å²) in [4.78, 5) is 12.2. The van der Waals surface area contributed by atoms with Gasteiger partial charge in [-0.2, -0.15) is 10.4 Å². The number of esters is 1. The van der Waals surface area contributed by atoms with Crippen molar-refractivity contribution in [2.75, 3.05) is 6.61 Å². The number of benzene rings is 1. The van der Waals surface area contributed by atoms with Crippen molar-refractivity contribution in [3.8, 4) is 23.2 Å². The molecule has 6 nitrogen and oxygen atoms in total. The Kier molecular flexibility index (Phi) is 4.17. The summed E-state index contributed by atoms with van der Waals surface area (Å²) in [6.45, 7) is 3.86. The molecule has 3 aromatic rings. The zero-order chi connectivity index (χ0) is 17.1. The summed E-state index contributed by atoms with van der Waals surface area (Å²) in [5.74, 6) is -0.177. The number of carbonyl (C=O) groups is 1. The molecule has 0 aliphatic heterocycles. The Labute approximate surface area is 138 Å². The summed E-state index contributed by atoms with van der Waals surface area (Å²) < 4.78 is 12.0. The highest BCUT2D eigenvalue weighted by Gasteiger charge is 2.27. The number of furan rings is 1. The van der Waals surface area contributed by atoms with Crippen LogP contribution in [0.25, 0.3) is 17.1 Å². The molecular formula is C18H15N3O3. The topological polar surface area (TPSA) is 81.0 Å². The minimum Gasteiger partial charge on any atom is -0.463 e. The Bertz CT molecular complexity index is 918. The molecule has 0 aliphatic rings. The van der Waals surface area contributed by atoms with E-state index in [0.29, 0.717) is 11.5 Å². The van der Waals surface area contributed by atoms with Gasteiger partial charge in [-0.25, -0.2) is 9.48 Å². The number of rotatable bonds is 4. The van der Waals surface area contributed by atoms with Gasteiger partial charge in [0.15, 0.2) is 11.5 Å². The normalized spacial score (nSPS) is 10.4. The average molecular weight is 321 g/mol. The van der Waals surface area contributed by atoms with Crippen LogP contribution < -0.4 is 0 Å². The van der Waals surface area contributed by atoms with Gasteiger partial charge >= 0.3 is 5.97 Å². The fourth-order valence-corrected chi connectivity index (χ4v) is 2.45. The second kappa shape index (κ2) is 6.42. The van der Waals surface area contributed by atoms with Crippen LogP contribution >= 0.6 is 0 Å². The van der Waals surface area contributed by atoms with Gasteiger partial charge in [0, 0.05) is 0 Å². The molecule has 0 N–H and O–H groups in total. The van der Waals surface area contributed by atoms with Gasteiger partial charge in [0.25, 0.3) is 0 Å². The smallest absolute Gasteiger partial charge is 0.360 e. The van der Waals surface area contributed by atoms with E-state index in [1.165, 1.54) is 10.9 Å². The third-order valence-electron chi connectivity index (χ3n) is 3.47. The molecule has 0 atom stereocenters. The molecular weight excluding hydrogens is 306 g/mol. The van der Waals surface area contributed by atoms with Crippen LogP contribution in [0.5, 0.6) is 0 Å². The zero-order valence-electron chi connectivity index (χ0n) is 13.3. The largest absolute Gasteiger partial charge is 0.463 e. The van der Waals surface area contributed by atoms with E-state index >= 15 is 0 Å². The van der Waals surface area contributed by atoms with Crippen molar-refractivity contribution >= 4 is 5.97 Å². The molecule has 1 aromatic carbocycles. The van der Waals surface area contributed by atoms with Gasteiger partial charge in [-0.1, -0.05) is 12.1 Å². The van der Waals surface area contributed by atoms with Gasteiger partial charge in [-0.3, -0.25) is 0 Å². The summed E-state index contributed by atoms with van der Waals surface area (Å²) in [6, 6.07) is 13.1. The first-order valence-corrected chi connectivity index (χ1v) is 7.46. The number of hydrogen-bond donors (Lipinski definition) is 0. The number of nitrogens with zero attached hydrogens (tertiary/aromatic N) is 3. The minimum atomic E-state index is -0.631. The van der Waals surface area contributed by atoms with Gasteiger partial charge in [-0.05, 0) is 43.7 Å². The summed E-state index contributed by atoms with van der Waals surface area (Å²) in [6.07, 6.45) is 1.51. The highest BCUT2D eigenvalue weighted by Crippen LogP contribution is 2.29. The Morgan fingerprint density at radius 3 is 2.83 bits per heavy atom. The Morgan fingerprint density at radius 2 is 2.21 bits per heavy atom. The lowest BCUT2D eigenvalue weighted by atomic mass is 10.1. The van der Waals surface area contributed by atoms with Crippen LogP contribution in [0.3, 0.4) is 0 Å². The van der Waals surface area contributed by atoms with Crippen LogP contribution in [0.2, 0.25) is 0 Å². The van der Waals surface area contributed by atoms with E-state index in [0.717, 1.165) is 11.3 Å². The lowest BCUT2D eigenvalue weighted by Crippen LogP contribution is -2.08. The molecule has 0 bridgehead atoms. The Morgan fingerprint density at radius 1 is 1.38 bits per heavy atom. The van der Waals surface area contributed by atoms with Gasteiger partial charge in [-0.15, -0.1) is 0 Å². The van der Waals surface area contributed by atoms with Crippen molar-refractivity contribution in [2.45, 2.75) is 13.8 Å². The maximum atomic E-state index is 12.2. The van der Waals surface area contributed by atoms with Crippen LogP contribution in [0.15, 0.2) is 47.1 Å². The molecule has 2 aromatic heterocycles. The molecule has 3 rings (SSSR count). The van der Waals surface area contributed by atoms with E-state index in [4.69, 9.17) is 9.15 Å². The van der Waals surface area contributed by atoms with E-state index in [-0.39, 0.29) is 17.9 Å². The van der Waals surface area contributed by atoms with Crippen molar-refractivity contribution < 1.29 is 13.9 Å². The first-order valence-electron chi connectivity index (χ1n) is 7.46. The molecule has 0 saturated carbocycles. The highest BCUT2D eigenvalue weighted by atomic mass is 16.5. The predicted molar refractivity (Wildman–Crippen MR) is 86.7 cm³/mol. The monoisotopic (exact) mass is 321 g/mol. The third-order valence-corrected chi connectivity index (χ3v) is 3.47. The summed E-state index contributed by atoms with van der Waals surface area (Å²) in [5.41, 5.74) is 2.30. The third kappa shape index (κ3) is 2.68. The van der Waals surface area contributed by atoms with E-state index < -0.39 is 5.97 Å². The van der Waals surface area contributed by atoms with E-state index in [9.17, 15) is 10.1 Å². The van der Waals surface area contributed by atoms with Crippen LogP contribution in [0.4, 0.5) is 0 Å². The van der Waals surface area contributed by atoms with Crippen molar-refractivity contribution in [3.05, 3.63) is 59.5 Å². The van der Waals surface area contributed by atoms with E-state index in [1.807, 2.05) is 31.2 Å². The lowest BCUT2D eigenvalue weighted by Gasteiger charge is -2.06. The standard InChI is InChI=1S/C18H15N3O3/c1-3-23-18(22)16-14(11-19)17(15-8-5-9-24-15)21(20-16)13-7-4-6-12(2)10-13/h4-10H,3H2,1-2H3. The van der Waals surface area contributed by atoms with Crippen LogP contribution in [-0.2, 0) is 4.74 Å². The number of hydrogen-bond acceptors (Lipinski definition) is 5. The summed E-state index contributed by atoms with van der Waals surface area (Å²) in [5, 5.41) is 13.9. The van der Waals surface area contributed by atoms with Crippen molar-refractivity contribution in [1.29, 1.82) is 5.26 Å². The van der Waals surface area contributed by atoms with E-state index in [1.54, 1.807) is 19.1 Å². The van der Waals surface area contributed by atoms with Crippen molar-refractivity contribution in [1.82, 2.24) is 9.78 Å². The molecule has 120 valence electrons. The maximum Gasteiger partial charge on any atom is 0.360 e. The fraction of sp³-hybridized carbons (Fsp3) is 0.167. The predicted octanol–water partition coefficient (Wildman–Crippen LogP) is 3.49. The number of ether oxygens (including phenoxy) is 1. The van der Waals surface area contributed by atoms with Gasteiger partial charge in [0.2, 0.25) is 0 Å².